The number of terminal acetylenes is 1. The molecule has 0 unspecified atom stereocenters. The number of ether oxygens (including phenoxy) is 1. The molecule has 0 aromatic heterocycles. The maximum absolute atomic E-state index is 10.3. The molecular weight excluding hydrogens is 132 g/mol. The molecule has 0 aliphatic carbocycles. The highest BCUT2D eigenvalue weighted by atomic mass is 16.5. The van der Waals surface area contributed by atoms with Crippen LogP contribution in [0.25, 0.3) is 0 Å². The molecule has 3 nitrogen and oxygen atoms in total. The molecule has 56 valence electrons. The second-order valence-corrected chi connectivity index (χ2v) is 2.31. The van der Waals surface area contributed by atoms with Crippen molar-refractivity contribution >= 4 is 5.97 Å². The van der Waals surface area contributed by atoms with Gasteiger partial charge in [0, 0.05) is 0 Å². The molecule has 0 saturated carbocycles. The van der Waals surface area contributed by atoms with E-state index in [2.05, 4.69) is 5.92 Å². The average Bonchev–Trinajstić information content (AvgIpc) is 1.84. The second kappa shape index (κ2) is 3.23. The van der Waals surface area contributed by atoms with Gasteiger partial charge in [0.05, 0.1) is 0 Å². The fourth-order valence-electron chi connectivity index (χ4n) is 0.284. The van der Waals surface area contributed by atoms with Gasteiger partial charge in [-0.15, -0.1) is 6.42 Å². The summed E-state index contributed by atoms with van der Waals surface area (Å²) in [5.41, 5.74) is -1.17. The molecule has 0 bridgehead atoms. The highest BCUT2D eigenvalue weighted by Crippen LogP contribution is 2.07. The van der Waals surface area contributed by atoms with E-state index in [1.165, 1.54) is 13.8 Å². The Labute approximate surface area is 60.0 Å². The van der Waals surface area contributed by atoms with Crippen molar-refractivity contribution in [1.82, 2.24) is 0 Å². The van der Waals surface area contributed by atoms with Gasteiger partial charge in [-0.2, -0.15) is 0 Å². The van der Waals surface area contributed by atoms with Crippen LogP contribution in [0.2, 0.25) is 0 Å². The van der Waals surface area contributed by atoms with Gasteiger partial charge >= 0.3 is 5.97 Å². The molecule has 0 atom stereocenters. The van der Waals surface area contributed by atoms with Crippen molar-refractivity contribution in [2.45, 2.75) is 19.4 Å². The van der Waals surface area contributed by atoms with Crippen LogP contribution < -0.4 is 0 Å². The molecular formula is C7H10O3. The van der Waals surface area contributed by atoms with Crippen LogP contribution in [0, 0.1) is 12.3 Å². The van der Waals surface area contributed by atoms with Gasteiger partial charge in [0.1, 0.15) is 6.61 Å². The number of carbonyl (C=O) groups is 1. The van der Waals surface area contributed by atoms with E-state index in [0.717, 1.165) is 0 Å². The lowest BCUT2D eigenvalue weighted by Gasteiger charge is -2.17. The van der Waals surface area contributed by atoms with Gasteiger partial charge in [-0.3, -0.25) is 0 Å². The third-order valence-electron chi connectivity index (χ3n) is 1.03. The van der Waals surface area contributed by atoms with Crippen molar-refractivity contribution in [3.63, 3.8) is 0 Å². The Morgan fingerprint density at radius 1 is 1.80 bits per heavy atom. The van der Waals surface area contributed by atoms with E-state index >= 15 is 0 Å². The largest absolute Gasteiger partial charge is 0.479 e. The number of carboxylic acids is 1. The molecule has 0 spiro atoms. The molecule has 0 heterocycles. The molecule has 10 heavy (non-hydrogen) atoms. The van der Waals surface area contributed by atoms with Crippen LogP contribution in [0.4, 0.5) is 0 Å². The first-order valence-electron chi connectivity index (χ1n) is 2.81. The van der Waals surface area contributed by atoms with Crippen LogP contribution >= 0.6 is 0 Å². The summed E-state index contributed by atoms with van der Waals surface area (Å²) in [6.07, 6.45) is 4.87. The van der Waals surface area contributed by atoms with Crippen molar-refractivity contribution in [2.24, 2.45) is 0 Å². The van der Waals surface area contributed by atoms with Crippen molar-refractivity contribution in [2.75, 3.05) is 6.61 Å². The smallest absolute Gasteiger partial charge is 0.335 e. The van der Waals surface area contributed by atoms with Crippen LogP contribution in [-0.4, -0.2) is 23.3 Å². The normalized spacial score (nSPS) is 10.5. The third kappa shape index (κ3) is 2.51. The monoisotopic (exact) mass is 142 g/mol. The number of aliphatic carboxylic acids is 1. The van der Waals surface area contributed by atoms with Gasteiger partial charge in [0.2, 0.25) is 0 Å². The Balaban J connectivity index is 3.90. The predicted octanol–water partition coefficient (Wildman–Crippen LogP) is 0.499. The summed E-state index contributed by atoms with van der Waals surface area (Å²) < 4.78 is 4.80. The lowest BCUT2D eigenvalue weighted by molar-refractivity contribution is -0.159. The number of carboxylic acid groups (broad SMARTS) is 1. The first kappa shape index (κ1) is 8.99. The van der Waals surface area contributed by atoms with E-state index < -0.39 is 11.6 Å². The fraction of sp³-hybridized carbons (Fsp3) is 0.571. The molecule has 0 aromatic carbocycles. The predicted molar refractivity (Wildman–Crippen MR) is 36.5 cm³/mol. The van der Waals surface area contributed by atoms with Crippen LogP contribution in [-0.2, 0) is 9.53 Å². The van der Waals surface area contributed by atoms with E-state index in [1.807, 2.05) is 0 Å². The number of hydrogen-bond donors (Lipinski definition) is 1. The van der Waals surface area contributed by atoms with E-state index in [9.17, 15) is 4.79 Å². The minimum atomic E-state index is -1.17. The van der Waals surface area contributed by atoms with E-state index in [4.69, 9.17) is 16.3 Å². The minimum absolute atomic E-state index is 0.0271. The highest BCUT2D eigenvalue weighted by Gasteiger charge is 2.27. The zero-order valence-corrected chi connectivity index (χ0v) is 6.05. The second-order valence-electron chi connectivity index (χ2n) is 2.31. The van der Waals surface area contributed by atoms with Gasteiger partial charge in [-0.1, -0.05) is 5.92 Å². The fourth-order valence-corrected chi connectivity index (χ4v) is 0.284. The highest BCUT2D eigenvalue weighted by molar-refractivity contribution is 5.76. The topological polar surface area (TPSA) is 46.5 Å². The SMILES string of the molecule is C#CCOC(C)(C)C(=O)O. The maximum atomic E-state index is 10.3. The van der Waals surface area contributed by atoms with Gasteiger partial charge in [0.15, 0.2) is 5.60 Å². The lowest BCUT2D eigenvalue weighted by Crippen LogP contribution is -2.34. The van der Waals surface area contributed by atoms with Crippen molar-refractivity contribution in [3.8, 4) is 12.3 Å². The number of hydrogen-bond acceptors (Lipinski definition) is 2. The van der Waals surface area contributed by atoms with Crippen LogP contribution in [0.3, 0.4) is 0 Å². The molecule has 0 aromatic rings. The summed E-state index contributed by atoms with van der Waals surface area (Å²) in [6.45, 7) is 2.93. The standard InChI is InChI=1S/C7H10O3/c1-4-5-10-7(2,3)6(8)9/h1H,5H2,2-3H3,(H,8,9). The lowest BCUT2D eigenvalue weighted by atomic mass is 10.1. The van der Waals surface area contributed by atoms with Crippen LogP contribution in [0.15, 0.2) is 0 Å². The molecule has 0 aliphatic heterocycles. The first-order chi connectivity index (χ1) is 4.50. The van der Waals surface area contributed by atoms with Gasteiger partial charge in [-0.05, 0) is 13.8 Å². The Bertz CT molecular complexity index is 164. The van der Waals surface area contributed by atoms with E-state index in [-0.39, 0.29) is 6.61 Å². The molecule has 1 N–H and O–H groups in total. The summed E-state index contributed by atoms with van der Waals surface area (Å²) in [7, 11) is 0. The molecule has 0 fully saturated rings. The first-order valence-corrected chi connectivity index (χ1v) is 2.81. The molecule has 0 saturated heterocycles. The zero-order valence-electron chi connectivity index (χ0n) is 6.05. The van der Waals surface area contributed by atoms with E-state index in [1.54, 1.807) is 0 Å². The van der Waals surface area contributed by atoms with Gasteiger partial charge in [-0.25, -0.2) is 4.79 Å². The summed E-state index contributed by atoms with van der Waals surface area (Å²) in [5.74, 6) is 1.18. The minimum Gasteiger partial charge on any atom is -0.479 e. The van der Waals surface area contributed by atoms with Crippen LogP contribution in [0.1, 0.15) is 13.8 Å². The molecule has 3 heteroatoms. The van der Waals surface area contributed by atoms with Crippen molar-refractivity contribution in [1.29, 1.82) is 0 Å². The van der Waals surface area contributed by atoms with Gasteiger partial charge < -0.3 is 9.84 Å². The van der Waals surface area contributed by atoms with E-state index in [0.29, 0.717) is 0 Å². The Morgan fingerprint density at radius 2 is 2.30 bits per heavy atom. The average molecular weight is 142 g/mol. The molecule has 0 rings (SSSR count). The van der Waals surface area contributed by atoms with Gasteiger partial charge in [0.25, 0.3) is 0 Å². The summed E-state index contributed by atoms with van der Waals surface area (Å²) >= 11 is 0. The van der Waals surface area contributed by atoms with Crippen LogP contribution in [0.5, 0.6) is 0 Å². The molecule has 0 radical (unpaired) electrons. The Hall–Kier alpha value is -1.01. The Kier molecular flexibility index (Phi) is 2.91. The zero-order chi connectivity index (χ0) is 8.20. The Morgan fingerprint density at radius 3 is 2.60 bits per heavy atom. The van der Waals surface area contributed by atoms with Crippen molar-refractivity contribution < 1.29 is 14.6 Å². The quantitative estimate of drug-likeness (QED) is 0.583. The molecule has 0 amide bonds. The third-order valence-corrected chi connectivity index (χ3v) is 1.03. The molecule has 0 aliphatic rings. The van der Waals surface area contributed by atoms with Crippen molar-refractivity contribution in [3.05, 3.63) is 0 Å². The maximum Gasteiger partial charge on any atom is 0.335 e. The summed E-state index contributed by atoms with van der Waals surface area (Å²) in [6, 6.07) is 0. The number of rotatable bonds is 3. The summed E-state index contributed by atoms with van der Waals surface area (Å²) in [4.78, 5) is 10.3. The summed E-state index contributed by atoms with van der Waals surface area (Å²) in [5, 5.41) is 8.47.